The van der Waals surface area contributed by atoms with Gasteiger partial charge in [0, 0.05) is 12.2 Å². The summed E-state index contributed by atoms with van der Waals surface area (Å²) in [6.07, 6.45) is 1.12. The maximum absolute atomic E-state index is 13.0. The minimum absolute atomic E-state index is 0.108. The SMILES string of the molecule is Nc1ccc(CNc2ncnc(F)c2Cl)cc1. The Labute approximate surface area is 103 Å². The van der Waals surface area contributed by atoms with Gasteiger partial charge in [-0.05, 0) is 17.7 Å². The quantitative estimate of drug-likeness (QED) is 0.651. The maximum Gasteiger partial charge on any atom is 0.236 e. The fraction of sp³-hybridized carbons (Fsp3) is 0.0909. The number of rotatable bonds is 3. The maximum atomic E-state index is 13.0. The Morgan fingerprint density at radius 2 is 1.94 bits per heavy atom. The first-order chi connectivity index (χ1) is 8.16. The van der Waals surface area contributed by atoms with Crippen molar-refractivity contribution in [1.82, 2.24) is 9.97 Å². The number of nitrogens with two attached hydrogens (primary N) is 1. The highest BCUT2D eigenvalue weighted by Gasteiger charge is 2.07. The van der Waals surface area contributed by atoms with Gasteiger partial charge in [0.2, 0.25) is 5.95 Å². The minimum atomic E-state index is -0.735. The molecular formula is C11H10ClFN4. The summed E-state index contributed by atoms with van der Waals surface area (Å²) < 4.78 is 13.0. The number of hydrogen-bond donors (Lipinski definition) is 2. The van der Waals surface area contributed by atoms with E-state index in [1.807, 2.05) is 12.1 Å². The molecule has 2 rings (SSSR count). The number of nitrogens with one attached hydrogen (secondary N) is 1. The van der Waals surface area contributed by atoms with Crippen LogP contribution in [0.5, 0.6) is 0 Å². The van der Waals surface area contributed by atoms with Crippen molar-refractivity contribution in [3.63, 3.8) is 0 Å². The van der Waals surface area contributed by atoms with Crippen molar-refractivity contribution in [2.75, 3.05) is 11.1 Å². The van der Waals surface area contributed by atoms with Crippen molar-refractivity contribution in [1.29, 1.82) is 0 Å². The molecule has 0 atom stereocenters. The third kappa shape index (κ3) is 2.82. The van der Waals surface area contributed by atoms with Gasteiger partial charge in [0.25, 0.3) is 0 Å². The number of nitrogens with zero attached hydrogens (tertiary/aromatic N) is 2. The summed E-state index contributed by atoms with van der Waals surface area (Å²) in [6, 6.07) is 7.32. The van der Waals surface area contributed by atoms with Crippen LogP contribution in [0.15, 0.2) is 30.6 Å². The molecule has 0 bridgehead atoms. The first kappa shape index (κ1) is 11.6. The molecule has 0 radical (unpaired) electrons. The summed E-state index contributed by atoms with van der Waals surface area (Å²) in [6.45, 7) is 0.483. The summed E-state index contributed by atoms with van der Waals surface area (Å²) in [4.78, 5) is 7.19. The molecule has 0 aliphatic heterocycles. The smallest absolute Gasteiger partial charge is 0.236 e. The summed E-state index contributed by atoms with van der Waals surface area (Å²) in [5.74, 6) is -0.461. The molecule has 0 fully saturated rings. The molecule has 0 aliphatic rings. The molecule has 88 valence electrons. The standard InChI is InChI=1S/C11H10ClFN4/c12-9-10(13)16-6-17-11(9)15-5-7-1-3-8(14)4-2-7/h1-4,6H,5,14H2,(H,15,16,17). The Morgan fingerprint density at radius 3 is 2.65 bits per heavy atom. The van der Waals surface area contributed by atoms with E-state index in [-0.39, 0.29) is 10.8 Å². The van der Waals surface area contributed by atoms with Crippen molar-refractivity contribution in [3.8, 4) is 0 Å². The van der Waals surface area contributed by atoms with Gasteiger partial charge in [-0.2, -0.15) is 4.39 Å². The van der Waals surface area contributed by atoms with E-state index < -0.39 is 5.95 Å². The van der Waals surface area contributed by atoms with E-state index in [9.17, 15) is 4.39 Å². The molecule has 0 unspecified atom stereocenters. The Bertz CT molecular complexity index is 515. The van der Waals surface area contributed by atoms with Crippen molar-refractivity contribution < 1.29 is 4.39 Å². The average molecular weight is 253 g/mol. The number of aromatic nitrogens is 2. The van der Waals surface area contributed by atoms with E-state index in [0.29, 0.717) is 12.2 Å². The largest absolute Gasteiger partial charge is 0.399 e. The van der Waals surface area contributed by atoms with E-state index in [0.717, 1.165) is 11.9 Å². The highest BCUT2D eigenvalue weighted by atomic mass is 35.5. The van der Waals surface area contributed by atoms with Crippen LogP contribution in [0.25, 0.3) is 0 Å². The van der Waals surface area contributed by atoms with Crippen LogP contribution in [0.2, 0.25) is 5.02 Å². The van der Waals surface area contributed by atoms with E-state index in [2.05, 4.69) is 15.3 Å². The molecule has 2 aromatic rings. The zero-order valence-corrected chi connectivity index (χ0v) is 9.58. The number of benzene rings is 1. The summed E-state index contributed by atoms with van der Waals surface area (Å²) in [7, 11) is 0. The predicted molar refractivity (Wildman–Crippen MR) is 65.2 cm³/mol. The van der Waals surface area contributed by atoms with Crippen LogP contribution >= 0.6 is 11.6 Å². The molecule has 0 spiro atoms. The van der Waals surface area contributed by atoms with Gasteiger partial charge in [0.1, 0.15) is 11.3 Å². The third-order valence-electron chi connectivity index (χ3n) is 2.19. The lowest BCUT2D eigenvalue weighted by Gasteiger charge is -2.07. The predicted octanol–water partition coefficient (Wildman–Crippen LogP) is 2.46. The normalized spacial score (nSPS) is 10.2. The van der Waals surface area contributed by atoms with Crippen LogP contribution in [0.1, 0.15) is 5.56 Å². The Hall–Kier alpha value is -1.88. The number of nitrogen functional groups attached to an aromatic ring is 1. The van der Waals surface area contributed by atoms with Crippen molar-refractivity contribution in [2.45, 2.75) is 6.54 Å². The van der Waals surface area contributed by atoms with Crippen molar-refractivity contribution >= 4 is 23.1 Å². The van der Waals surface area contributed by atoms with E-state index >= 15 is 0 Å². The molecule has 4 nitrogen and oxygen atoms in total. The lowest BCUT2D eigenvalue weighted by molar-refractivity contribution is 0.580. The second-order valence-electron chi connectivity index (χ2n) is 3.42. The molecule has 0 aliphatic carbocycles. The first-order valence-electron chi connectivity index (χ1n) is 4.91. The van der Waals surface area contributed by atoms with Crippen LogP contribution < -0.4 is 11.1 Å². The molecule has 17 heavy (non-hydrogen) atoms. The van der Waals surface area contributed by atoms with Gasteiger partial charge >= 0.3 is 0 Å². The monoisotopic (exact) mass is 252 g/mol. The summed E-state index contributed by atoms with van der Waals surface area (Å²) in [5, 5.41) is 2.82. The Morgan fingerprint density at radius 1 is 1.24 bits per heavy atom. The fourth-order valence-corrected chi connectivity index (χ4v) is 1.46. The molecule has 6 heteroatoms. The average Bonchev–Trinajstić information content (AvgIpc) is 2.33. The van der Waals surface area contributed by atoms with Gasteiger partial charge in [-0.15, -0.1) is 0 Å². The van der Waals surface area contributed by atoms with Crippen molar-refractivity contribution in [3.05, 3.63) is 47.1 Å². The first-order valence-corrected chi connectivity index (χ1v) is 5.29. The Balaban J connectivity index is 2.07. The number of anilines is 2. The zero-order chi connectivity index (χ0) is 12.3. The van der Waals surface area contributed by atoms with Gasteiger partial charge in [-0.1, -0.05) is 23.7 Å². The second-order valence-corrected chi connectivity index (χ2v) is 3.80. The van der Waals surface area contributed by atoms with Gasteiger partial charge in [-0.25, -0.2) is 9.97 Å². The molecular weight excluding hydrogens is 243 g/mol. The summed E-state index contributed by atoms with van der Waals surface area (Å²) in [5.41, 5.74) is 7.26. The Kier molecular flexibility index (Phi) is 3.39. The van der Waals surface area contributed by atoms with E-state index in [1.54, 1.807) is 12.1 Å². The highest BCUT2D eigenvalue weighted by molar-refractivity contribution is 6.32. The minimum Gasteiger partial charge on any atom is -0.399 e. The third-order valence-corrected chi connectivity index (χ3v) is 2.52. The van der Waals surface area contributed by atoms with Gasteiger partial charge in [-0.3, -0.25) is 0 Å². The molecule has 0 saturated heterocycles. The van der Waals surface area contributed by atoms with Crippen LogP contribution in [0.4, 0.5) is 15.9 Å². The highest BCUT2D eigenvalue weighted by Crippen LogP contribution is 2.20. The van der Waals surface area contributed by atoms with Crippen LogP contribution in [-0.4, -0.2) is 9.97 Å². The van der Waals surface area contributed by atoms with E-state index in [1.165, 1.54) is 0 Å². The van der Waals surface area contributed by atoms with Crippen LogP contribution in [-0.2, 0) is 6.54 Å². The summed E-state index contributed by atoms with van der Waals surface area (Å²) >= 11 is 5.70. The van der Waals surface area contributed by atoms with Crippen LogP contribution in [0, 0.1) is 5.95 Å². The van der Waals surface area contributed by atoms with Gasteiger partial charge in [0.05, 0.1) is 0 Å². The number of halogens is 2. The van der Waals surface area contributed by atoms with Crippen LogP contribution in [0.3, 0.4) is 0 Å². The lowest BCUT2D eigenvalue weighted by atomic mass is 10.2. The number of hydrogen-bond acceptors (Lipinski definition) is 4. The molecule has 0 saturated carbocycles. The van der Waals surface area contributed by atoms with E-state index in [4.69, 9.17) is 17.3 Å². The molecule has 3 N–H and O–H groups in total. The lowest BCUT2D eigenvalue weighted by Crippen LogP contribution is -2.03. The second kappa shape index (κ2) is 4.97. The fourth-order valence-electron chi connectivity index (χ4n) is 1.29. The molecule has 0 amide bonds. The topological polar surface area (TPSA) is 63.8 Å². The molecule has 1 aromatic heterocycles. The molecule has 1 aromatic carbocycles. The molecule has 1 heterocycles. The van der Waals surface area contributed by atoms with Gasteiger partial charge < -0.3 is 11.1 Å². The zero-order valence-electron chi connectivity index (χ0n) is 8.82. The van der Waals surface area contributed by atoms with Crippen molar-refractivity contribution in [2.24, 2.45) is 0 Å². The van der Waals surface area contributed by atoms with Gasteiger partial charge in [0.15, 0.2) is 5.82 Å².